The van der Waals surface area contributed by atoms with E-state index in [1.807, 2.05) is 18.2 Å². The quantitative estimate of drug-likeness (QED) is 0.818. The number of urea groups is 1. The van der Waals surface area contributed by atoms with Crippen molar-refractivity contribution in [1.29, 1.82) is 0 Å². The molecule has 0 aliphatic carbocycles. The number of piperidine rings is 2. The fraction of sp³-hybridized carbons (Fsp3) is 0.480. The van der Waals surface area contributed by atoms with Crippen molar-refractivity contribution in [3.8, 4) is 0 Å². The molecule has 0 radical (unpaired) electrons. The molecule has 3 aliphatic rings. The average Bonchev–Trinajstić information content (AvgIpc) is 2.77. The number of likely N-dealkylation sites (tertiary alicyclic amines) is 1. The van der Waals surface area contributed by atoms with E-state index >= 15 is 0 Å². The topological polar surface area (TPSA) is 35.6 Å². The molecule has 2 aromatic carbocycles. The van der Waals surface area contributed by atoms with Crippen LogP contribution in [0.1, 0.15) is 55.0 Å². The fourth-order valence-corrected chi connectivity index (χ4v) is 5.74. The molecule has 29 heavy (non-hydrogen) atoms. The maximum atomic E-state index is 13.2. The van der Waals surface area contributed by atoms with E-state index in [0.717, 1.165) is 44.5 Å². The van der Waals surface area contributed by atoms with Crippen LogP contribution in [0.4, 0.5) is 4.79 Å². The smallest absolute Gasteiger partial charge is 0.318 e. The number of fused-ring (bicyclic) bond motifs is 4. The van der Waals surface area contributed by atoms with E-state index in [2.05, 4.69) is 58.4 Å². The van der Waals surface area contributed by atoms with Crippen molar-refractivity contribution in [3.05, 3.63) is 71.3 Å². The van der Waals surface area contributed by atoms with Gasteiger partial charge in [-0.2, -0.15) is 0 Å². The molecule has 4 heteroatoms. The second-order valence-electron chi connectivity index (χ2n) is 8.94. The molecule has 152 valence electrons. The van der Waals surface area contributed by atoms with Crippen LogP contribution in [0.15, 0.2) is 54.6 Å². The molecule has 2 aromatic rings. The summed E-state index contributed by atoms with van der Waals surface area (Å²) in [6, 6.07) is 20.1. The molecule has 4 nitrogen and oxygen atoms in total. The van der Waals surface area contributed by atoms with Crippen molar-refractivity contribution in [3.63, 3.8) is 0 Å². The van der Waals surface area contributed by atoms with Crippen LogP contribution in [-0.2, 0) is 6.42 Å². The fourth-order valence-electron chi connectivity index (χ4n) is 5.74. The lowest BCUT2D eigenvalue weighted by molar-refractivity contribution is 0.00533. The van der Waals surface area contributed by atoms with Crippen LogP contribution in [0.5, 0.6) is 0 Å². The van der Waals surface area contributed by atoms with Gasteiger partial charge in [0.05, 0.1) is 6.04 Å². The summed E-state index contributed by atoms with van der Waals surface area (Å²) >= 11 is 0. The predicted molar refractivity (Wildman–Crippen MR) is 116 cm³/mol. The summed E-state index contributed by atoms with van der Waals surface area (Å²) in [6.07, 6.45) is 4.58. The first-order valence-corrected chi connectivity index (χ1v) is 11.1. The van der Waals surface area contributed by atoms with Gasteiger partial charge in [-0.15, -0.1) is 0 Å². The third-order valence-electron chi connectivity index (χ3n) is 7.28. The zero-order valence-electron chi connectivity index (χ0n) is 17.3. The molecule has 0 unspecified atom stereocenters. The molecular weight excluding hydrogens is 358 g/mol. The highest BCUT2D eigenvalue weighted by molar-refractivity contribution is 5.75. The normalized spacial score (nSPS) is 27.3. The van der Waals surface area contributed by atoms with Crippen LogP contribution in [0.25, 0.3) is 0 Å². The zero-order chi connectivity index (χ0) is 19.8. The molecule has 3 heterocycles. The van der Waals surface area contributed by atoms with Crippen molar-refractivity contribution in [2.45, 2.75) is 50.7 Å². The minimum absolute atomic E-state index is 0.0274. The van der Waals surface area contributed by atoms with Gasteiger partial charge in [0.15, 0.2) is 0 Å². The molecule has 0 spiro atoms. The Bertz CT molecular complexity index is 867. The number of rotatable bonds is 2. The van der Waals surface area contributed by atoms with Crippen molar-refractivity contribution in [2.24, 2.45) is 5.92 Å². The third kappa shape index (κ3) is 3.55. The second kappa shape index (κ2) is 7.83. The molecule has 4 atom stereocenters. The molecule has 2 fully saturated rings. The van der Waals surface area contributed by atoms with Gasteiger partial charge in [0.1, 0.15) is 0 Å². The van der Waals surface area contributed by atoms with Gasteiger partial charge in [-0.05, 0) is 55.2 Å². The van der Waals surface area contributed by atoms with Gasteiger partial charge in [-0.1, -0.05) is 54.6 Å². The number of hydrogen-bond donors (Lipinski definition) is 1. The number of nitrogens with zero attached hydrogens (tertiary/aromatic N) is 2. The third-order valence-corrected chi connectivity index (χ3v) is 7.28. The molecule has 1 N–H and O–H groups in total. The highest BCUT2D eigenvalue weighted by Crippen LogP contribution is 2.42. The second-order valence-corrected chi connectivity index (χ2v) is 8.94. The highest BCUT2D eigenvalue weighted by atomic mass is 16.2. The van der Waals surface area contributed by atoms with Crippen LogP contribution >= 0.6 is 0 Å². The number of hydrogen-bond acceptors (Lipinski definition) is 2. The lowest BCUT2D eigenvalue weighted by Crippen LogP contribution is -2.59. The predicted octanol–water partition coefficient (Wildman–Crippen LogP) is 4.54. The number of amides is 2. The first-order valence-electron chi connectivity index (χ1n) is 11.1. The Morgan fingerprint density at radius 1 is 1.07 bits per heavy atom. The van der Waals surface area contributed by atoms with E-state index in [1.165, 1.54) is 17.5 Å². The molecule has 0 bridgehead atoms. The number of carbonyl (C=O) groups excluding carboxylic acids is 1. The van der Waals surface area contributed by atoms with Crippen LogP contribution in [0.2, 0.25) is 0 Å². The lowest BCUT2D eigenvalue weighted by Gasteiger charge is -2.52. The van der Waals surface area contributed by atoms with Crippen LogP contribution in [-0.4, -0.2) is 41.5 Å². The monoisotopic (exact) mass is 389 g/mol. The van der Waals surface area contributed by atoms with Crippen molar-refractivity contribution >= 4 is 6.03 Å². The van der Waals surface area contributed by atoms with Crippen molar-refractivity contribution in [1.82, 2.24) is 15.1 Å². The molecule has 2 saturated heterocycles. The van der Waals surface area contributed by atoms with E-state index in [0.29, 0.717) is 18.0 Å². The summed E-state index contributed by atoms with van der Waals surface area (Å²) in [6.45, 7) is 5.24. The standard InChI is InChI=1S/C25H31N3O/c1-18(19-8-3-2-4-9-19)26-25(29)28-14-7-11-21-17-27-15-13-20-10-5-6-12-22(20)24(27)16-23(21)28/h2-6,8-10,12,18,21,23-24H,7,11,13-17H2,1H3,(H,26,29)/t18-,21-,23+,24-/m1/s1. The Labute approximate surface area is 173 Å². The van der Waals surface area contributed by atoms with Crippen molar-refractivity contribution in [2.75, 3.05) is 19.6 Å². The first-order chi connectivity index (χ1) is 14.2. The SMILES string of the molecule is C[C@@H](NC(=O)N1CCC[C@@H]2CN3CCc4ccccc4[C@H]3C[C@@H]21)c1ccccc1. The Morgan fingerprint density at radius 2 is 1.86 bits per heavy atom. The largest absolute Gasteiger partial charge is 0.331 e. The van der Waals surface area contributed by atoms with Gasteiger partial charge in [0.2, 0.25) is 0 Å². The molecular formula is C25H31N3O. The summed E-state index contributed by atoms with van der Waals surface area (Å²) in [4.78, 5) is 18.1. The Morgan fingerprint density at radius 3 is 2.72 bits per heavy atom. The van der Waals surface area contributed by atoms with Gasteiger partial charge in [-0.3, -0.25) is 4.90 Å². The maximum Gasteiger partial charge on any atom is 0.318 e. The first kappa shape index (κ1) is 18.7. The van der Waals surface area contributed by atoms with Gasteiger partial charge >= 0.3 is 6.03 Å². The summed E-state index contributed by atoms with van der Waals surface area (Å²) in [5.74, 6) is 0.600. The van der Waals surface area contributed by atoms with E-state index in [9.17, 15) is 4.79 Å². The molecule has 0 aromatic heterocycles. The maximum absolute atomic E-state index is 13.2. The molecule has 0 saturated carbocycles. The highest BCUT2D eigenvalue weighted by Gasteiger charge is 2.43. The number of nitrogens with one attached hydrogen (secondary N) is 1. The minimum Gasteiger partial charge on any atom is -0.331 e. The van der Waals surface area contributed by atoms with E-state index in [4.69, 9.17) is 0 Å². The summed E-state index contributed by atoms with van der Waals surface area (Å²) in [5.41, 5.74) is 4.14. The number of carbonyl (C=O) groups is 1. The Hall–Kier alpha value is -2.33. The average molecular weight is 390 g/mol. The van der Waals surface area contributed by atoms with E-state index in [-0.39, 0.29) is 12.1 Å². The van der Waals surface area contributed by atoms with Crippen LogP contribution < -0.4 is 5.32 Å². The molecule has 5 rings (SSSR count). The zero-order valence-corrected chi connectivity index (χ0v) is 17.3. The van der Waals surface area contributed by atoms with Crippen LogP contribution in [0.3, 0.4) is 0 Å². The van der Waals surface area contributed by atoms with Crippen molar-refractivity contribution < 1.29 is 4.79 Å². The molecule has 3 aliphatic heterocycles. The summed E-state index contributed by atoms with van der Waals surface area (Å²) < 4.78 is 0. The van der Waals surface area contributed by atoms with E-state index in [1.54, 1.807) is 0 Å². The van der Waals surface area contributed by atoms with Gasteiger partial charge < -0.3 is 10.2 Å². The summed E-state index contributed by atoms with van der Waals surface area (Å²) in [7, 11) is 0. The number of benzene rings is 2. The van der Waals surface area contributed by atoms with Gasteiger partial charge in [0, 0.05) is 31.7 Å². The summed E-state index contributed by atoms with van der Waals surface area (Å²) in [5, 5.41) is 3.26. The van der Waals surface area contributed by atoms with Gasteiger partial charge in [-0.25, -0.2) is 4.79 Å². The van der Waals surface area contributed by atoms with E-state index < -0.39 is 0 Å². The Kier molecular flexibility index (Phi) is 5.04. The van der Waals surface area contributed by atoms with Gasteiger partial charge in [0.25, 0.3) is 0 Å². The minimum atomic E-state index is 0.0274. The molecule has 2 amide bonds. The Balaban J connectivity index is 1.34. The lowest BCUT2D eigenvalue weighted by atomic mass is 9.77. The van der Waals surface area contributed by atoms with Crippen LogP contribution in [0, 0.1) is 5.92 Å².